The molecule has 0 spiro atoms. The van der Waals surface area contributed by atoms with Gasteiger partial charge in [-0.05, 0) is 0 Å². The van der Waals surface area contributed by atoms with Crippen LogP contribution in [0.15, 0.2) is 0 Å². The molecule has 29 valence electrons. The molecule has 0 aliphatic carbocycles. The molecule has 0 aromatic rings. The summed E-state index contributed by atoms with van der Waals surface area (Å²) in [6, 6.07) is 0. The van der Waals surface area contributed by atoms with Crippen LogP contribution in [0, 0.1) is 12.3 Å². The van der Waals surface area contributed by atoms with E-state index in [1.54, 1.807) is 0 Å². The zero-order valence-corrected chi connectivity index (χ0v) is 5.77. The molecule has 2 nitrogen and oxygen atoms in total. The number of hydrogen-bond donors (Lipinski definition) is 1. The van der Waals surface area contributed by atoms with Gasteiger partial charge >= 0.3 is 0 Å². The Morgan fingerprint density at radius 1 is 1.83 bits per heavy atom. The first-order valence-corrected chi connectivity index (χ1v) is 0.928. The molecule has 0 unspecified atom stereocenters. The first kappa shape index (κ1) is 9.46. The molecule has 0 aliphatic heterocycles. The van der Waals surface area contributed by atoms with E-state index in [1.807, 2.05) is 0 Å². The fourth-order valence-electron chi connectivity index (χ4n) is 0. The Kier molecular flexibility index (Phi) is 8.09. The van der Waals surface area contributed by atoms with Crippen molar-refractivity contribution in [3.8, 4) is 5.92 Å². The second-order valence-electron chi connectivity index (χ2n) is 0.430. The molecule has 0 aromatic carbocycles. The van der Waals surface area contributed by atoms with Crippen molar-refractivity contribution in [1.29, 1.82) is 0 Å². The molecule has 1 N–H and O–H groups in total. The summed E-state index contributed by atoms with van der Waals surface area (Å²) in [6.45, 7) is 0. The Hall–Kier alpha value is 0.134. The Bertz CT molecular complexity index is 81.3. The van der Waals surface area contributed by atoms with Gasteiger partial charge in [-0.3, -0.25) is 0 Å². The molecule has 0 saturated carbocycles. The summed E-state index contributed by atoms with van der Waals surface area (Å²) in [5, 5.41) is 7.42. The summed E-state index contributed by atoms with van der Waals surface area (Å²) in [6.07, 6.45) is 5.81. The van der Waals surface area contributed by atoms with E-state index in [2.05, 4.69) is 0 Å². The van der Waals surface area contributed by atoms with Crippen LogP contribution in [0.4, 0.5) is 0 Å². The summed E-state index contributed by atoms with van der Waals surface area (Å²) in [7, 11) is 0. The van der Waals surface area contributed by atoms with Crippen LogP contribution in [0.25, 0.3) is 0 Å². The number of hydrogen-bond acceptors (Lipinski definition) is 1. The van der Waals surface area contributed by atoms with Crippen LogP contribution in [0.2, 0.25) is 0 Å². The van der Waals surface area contributed by atoms with Crippen molar-refractivity contribution in [2.75, 3.05) is 0 Å². The average molecular weight is 158 g/mol. The van der Waals surface area contributed by atoms with E-state index in [0.717, 1.165) is 0 Å². The van der Waals surface area contributed by atoms with Gasteiger partial charge in [0.15, 0.2) is 0 Å². The minimum atomic E-state index is -1.33. The summed E-state index contributed by atoms with van der Waals surface area (Å²) < 4.78 is 0. The molecule has 0 aromatic heterocycles. The van der Waals surface area contributed by atoms with E-state index < -0.39 is 5.97 Å². The largest absolute Gasteiger partial charge is 0.556 e. The molecule has 6 heavy (non-hydrogen) atoms. The molecule has 0 amide bonds. The van der Waals surface area contributed by atoms with Gasteiger partial charge < -0.3 is 16.3 Å². The maximum atomic E-state index is 9.07. The van der Waals surface area contributed by atoms with Crippen LogP contribution < -0.4 is 0 Å². The Labute approximate surface area is 60.8 Å². The topological polar surface area (TPSA) is 37.3 Å². The van der Waals surface area contributed by atoms with Gasteiger partial charge in [0.2, 0.25) is 5.97 Å². The third-order valence-corrected chi connectivity index (χ3v) is 0.107. The summed E-state index contributed by atoms with van der Waals surface area (Å²) >= 11 is 0. The maximum Gasteiger partial charge on any atom is 0.215 e. The van der Waals surface area contributed by atoms with Gasteiger partial charge in [-0.1, -0.05) is 0 Å². The van der Waals surface area contributed by atoms with Crippen molar-refractivity contribution in [3.05, 3.63) is 6.42 Å². The predicted octanol–water partition coefficient (Wildman–Crippen LogP) is -0.342. The normalized spacial score (nSPS) is 4.50. The van der Waals surface area contributed by atoms with Crippen molar-refractivity contribution in [1.82, 2.24) is 0 Å². The fourth-order valence-corrected chi connectivity index (χ4v) is 0. The third kappa shape index (κ3) is 8.92. The van der Waals surface area contributed by atoms with Crippen molar-refractivity contribution >= 4 is 5.97 Å². The second kappa shape index (κ2) is 5.13. The fraction of sp³-hybridized carbons (Fsp3) is 0. The number of carboxylic acid groups (broad SMARTS) is 1. The first-order valence-electron chi connectivity index (χ1n) is 0.928. The van der Waals surface area contributed by atoms with E-state index in [9.17, 15) is 0 Å². The van der Waals surface area contributed by atoms with Crippen LogP contribution in [0.5, 0.6) is 0 Å². The Balaban J connectivity index is 0. The van der Waals surface area contributed by atoms with Crippen molar-refractivity contribution in [3.63, 3.8) is 0 Å². The summed E-state index contributed by atoms with van der Waals surface area (Å²) in [5.74, 6) is -0.134. The monoisotopic (exact) mass is 158 g/mol. The van der Waals surface area contributed by atoms with E-state index in [-0.39, 0.29) is 32.7 Å². The van der Waals surface area contributed by atoms with Gasteiger partial charge in [0.25, 0.3) is 0 Å². The van der Waals surface area contributed by atoms with Gasteiger partial charge in [-0.25, -0.2) is 5.92 Å². The molecule has 0 fully saturated rings. The molecule has 0 rings (SSSR count). The van der Waals surface area contributed by atoms with Gasteiger partial charge in [0.1, 0.15) is 0 Å². The van der Waals surface area contributed by atoms with Crippen LogP contribution in [0.1, 0.15) is 0 Å². The standard InChI is InChI=1S/C3HO2.Y/c1-2-3(4)5;/h(H,4,5);/q-1;. The zero-order chi connectivity index (χ0) is 4.28. The van der Waals surface area contributed by atoms with Crippen molar-refractivity contribution < 1.29 is 42.6 Å². The molecule has 0 saturated heterocycles. The Morgan fingerprint density at radius 2 is 2.00 bits per heavy atom. The smallest absolute Gasteiger partial charge is 0.215 e. The number of carbonyl (C=O) groups is 1. The first-order chi connectivity index (χ1) is 2.27. The number of rotatable bonds is 0. The van der Waals surface area contributed by atoms with E-state index in [0.29, 0.717) is 0 Å². The van der Waals surface area contributed by atoms with Crippen molar-refractivity contribution in [2.45, 2.75) is 0 Å². The second-order valence-corrected chi connectivity index (χ2v) is 0.430. The predicted molar refractivity (Wildman–Crippen MR) is 14.8 cm³/mol. The summed E-state index contributed by atoms with van der Waals surface area (Å²) in [4.78, 5) is 9.07. The van der Waals surface area contributed by atoms with Crippen LogP contribution in [-0.2, 0) is 37.5 Å². The third-order valence-electron chi connectivity index (χ3n) is 0.107. The molecule has 0 aliphatic rings. The maximum absolute atomic E-state index is 9.07. The minimum Gasteiger partial charge on any atom is -0.556 e. The number of aliphatic carboxylic acids is 1. The van der Waals surface area contributed by atoms with Crippen LogP contribution in [-0.4, -0.2) is 11.1 Å². The molecule has 0 heterocycles. The Morgan fingerprint density at radius 3 is 2.00 bits per heavy atom. The summed E-state index contributed by atoms with van der Waals surface area (Å²) in [5.41, 5.74) is 0. The van der Waals surface area contributed by atoms with E-state index in [1.165, 1.54) is 5.92 Å². The SMILES string of the molecule is [C-]#CC(=O)O.[Y]. The van der Waals surface area contributed by atoms with Gasteiger partial charge in [0.05, 0.1) is 0 Å². The van der Waals surface area contributed by atoms with E-state index >= 15 is 0 Å². The molecular weight excluding hydrogens is 157 g/mol. The van der Waals surface area contributed by atoms with Crippen molar-refractivity contribution in [2.24, 2.45) is 0 Å². The molecule has 1 radical (unpaired) electrons. The van der Waals surface area contributed by atoms with Crippen LogP contribution >= 0.6 is 0 Å². The van der Waals surface area contributed by atoms with Gasteiger partial charge in [0, 0.05) is 32.7 Å². The van der Waals surface area contributed by atoms with Crippen LogP contribution in [0.3, 0.4) is 0 Å². The molecular formula is C3HO2Y-. The number of carboxylic acids is 1. The zero-order valence-electron chi connectivity index (χ0n) is 2.93. The quantitative estimate of drug-likeness (QED) is 0.386. The van der Waals surface area contributed by atoms with E-state index in [4.69, 9.17) is 16.3 Å². The van der Waals surface area contributed by atoms with Gasteiger partial charge in [-0.15, -0.1) is 0 Å². The minimum absolute atomic E-state index is 0. The molecule has 0 atom stereocenters. The molecule has 3 heteroatoms. The van der Waals surface area contributed by atoms with Gasteiger partial charge in [-0.2, -0.15) is 0 Å². The average Bonchev–Trinajstić information content (AvgIpc) is 1.38. The molecule has 0 bridgehead atoms.